The van der Waals surface area contributed by atoms with Crippen molar-refractivity contribution in [2.24, 2.45) is 0 Å². The number of halogens is 2. The number of imidazole rings is 1. The van der Waals surface area contributed by atoms with Gasteiger partial charge in [0, 0.05) is 17.4 Å². The molecule has 0 N–H and O–H groups in total. The number of pyridine rings is 1. The van der Waals surface area contributed by atoms with Crippen LogP contribution in [-0.4, -0.2) is 14.5 Å². The van der Waals surface area contributed by atoms with Crippen LogP contribution in [0.3, 0.4) is 0 Å². The van der Waals surface area contributed by atoms with Gasteiger partial charge < -0.3 is 0 Å². The van der Waals surface area contributed by atoms with Crippen LogP contribution < -0.4 is 0 Å². The van der Waals surface area contributed by atoms with Crippen LogP contribution in [0.5, 0.6) is 0 Å². The minimum absolute atomic E-state index is 0.464. The highest BCUT2D eigenvalue weighted by atomic mass is 35.5. The fraction of sp³-hybridized carbons (Fsp3) is 0.0870. The molecule has 0 unspecified atom stereocenters. The maximum Gasteiger partial charge on any atom is 0.108 e. The molecule has 0 amide bonds. The number of hydrogen-bond acceptors (Lipinski definition) is 4. The Labute approximate surface area is 187 Å². The summed E-state index contributed by atoms with van der Waals surface area (Å²) in [5.41, 5.74) is 6.42. The van der Waals surface area contributed by atoms with E-state index in [1.165, 1.54) is 0 Å². The number of aromatic nitrogens is 3. The SMILES string of the molecule is N#CCCc1ccc(-n2cnc3cnc4cc(Cl)c(-c5ccsc5)cc4c32)c(Cl)c1. The maximum atomic E-state index is 8.82. The summed E-state index contributed by atoms with van der Waals surface area (Å²) in [6, 6.07) is 14.1. The number of aryl methyl sites for hydroxylation is 1. The van der Waals surface area contributed by atoms with Gasteiger partial charge in [-0.05, 0) is 58.6 Å². The molecule has 3 aromatic heterocycles. The molecule has 146 valence electrons. The zero-order valence-electron chi connectivity index (χ0n) is 15.6. The zero-order chi connectivity index (χ0) is 20.7. The van der Waals surface area contributed by atoms with E-state index in [-0.39, 0.29) is 0 Å². The molecule has 0 saturated heterocycles. The molecular formula is C23H14Cl2N4S. The Kier molecular flexibility index (Phi) is 4.92. The Morgan fingerprint density at radius 2 is 1.93 bits per heavy atom. The second-order valence-corrected chi connectivity index (χ2v) is 8.51. The highest BCUT2D eigenvalue weighted by Gasteiger charge is 2.15. The van der Waals surface area contributed by atoms with E-state index in [0.29, 0.717) is 22.9 Å². The quantitative estimate of drug-likeness (QED) is 0.295. The van der Waals surface area contributed by atoms with Gasteiger partial charge in [0.2, 0.25) is 0 Å². The number of fused-ring (bicyclic) bond motifs is 3. The van der Waals surface area contributed by atoms with Crippen molar-refractivity contribution in [1.29, 1.82) is 5.26 Å². The first-order valence-electron chi connectivity index (χ1n) is 9.29. The highest BCUT2D eigenvalue weighted by molar-refractivity contribution is 7.08. The molecule has 30 heavy (non-hydrogen) atoms. The number of thiophene rings is 1. The van der Waals surface area contributed by atoms with E-state index in [2.05, 4.69) is 33.5 Å². The molecule has 0 saturated carbocycles. The third-order valence-electron chi connectivity index (χ3n) is 5.09. The van der Waals surface area contributed by atoms with Crippen LogP contribution in [0.1, 0.15) is 12.0 Å². The number of nitriles is 1. The second-order valence-electron chi connectivity index (χ2n) is 6.91. The average molecular weight is 449 g/mol. The monoisotopic (exact) mass is 448 g/mol. The number of nitrogens with zero attached hydrogens (tertiary/aromatic N) is 4. The Morgan fingerprint density at radius 3 is 2.70 bits per heavy atom. The molecule has 4 nitrogen and oxygen atoms in total. The molecule has 0 radical (unpaired) electrons. The fourth-order valence-corrected chi connectivity index (χ4v) is 4.85. The third kappa shape index (κ3) is 3.23. The van der Waals surface area contributed by atoms with Crippen molar-refractivity contribution >= 4 is 56.5 Å². The summed E-state index contributed by atoms with van der Waals surface area (Å²) in [7, 11) is 0. The average Bonchev–Trinajstić information content (AvgIpc) is 3.42. The zero-order valence-corrected chi connectivity index (χ0v) is 18.0. The van der Waals surface area contributed by atoms with E-state index in [0.717, 1.165) is 44.3 Å². The van der Waals surface area contributed by atoms with E-state index < -0.39 is 0 Å². The summed E-state index contributed by atoms with van der Waals surface area (Å²) in [6.07, 6.45) is 4.66. The van der Waals surface area contributed by atoms with Gasteiger partial charge >= 0.3 is 0 Å². The number of benzene rings is 2. The van der Waals surface area contributed by atoms with Gasteiger partial charge in [0.1, 0.15) is 11.8 Å². The molecule has 5 rings (SSSR count). The van der Waals surface area contributed by atoms with Crippen molar-refractivity contribution in [1.82, 2.24) is 14.5 Å². The highest BCUT2D eigenvalue weighted by Crippen LogP contribution is 2.36. The summed E-state index contributed by atoms with van der Waals surface area (Å²) >= 11 is 14.8. The maximum absolute atomic E-state index is 8.82. The first kappa shape index (κ1) is 19.1. The molecule has 0 fully saturated rings. The smallest absolute Gasteiger partial charge is 0.108 e. The lowest BCUT2D eigenvalue weighted by molar-refractivity contribution is 1.00. The Bertz CT molecular complexity index is 1430. The molecule has 0 aliphatic carbocycles. The molecule has 2 aromatic carbocycles. The molecule has 0 aliphatic heterocycles. The van der Waals surface area contributed by atoms with Crippen molar-refractivity contribution in [3.05, 3.63) is 75.3 Å². The third-order valence-corrected chi connectivity index (χ3v) is 6.39. The van der Waals surface area contributed by atoms with Crippen molar-refractivity contribution < 1.29 is 0 Å². The van der Waals surface area contributed by atoms with Crippen LogP contribution in [0.25, 0.3) is 38.8 Å². The number of hydrogen-bond donors (Lipinski definition) is 0. The molecule has 7 heteroatoms. The molecule has 0 aliphatic rings. The van der Waals surface area contributed by atoms with Crippen LogP contribution in [0.2, 0.25) is 10.0 Å². The first-order valence-corrected chi connectivity index (χ1v) is 11.0. The Hall–Kier alpha value is -2.91. The van der Waals surface area contributed by atoms with Crippen molar-refractivity contribution in [3.63, 3.8) is 0 Å². The Balaban J connectivity index is 1.73. The lowest BCUT2D eigenvalue weighted by Gasteiger charge is -2.11. The molecular weight excluding hydrogens is 435 g/mol. The second kappa shape index (κ2) is 7.73. The summed E-state index contributed by atoms with van der Waals surface area (Å²) < 4.78 is 1.99. The largest absolute Gasteiger partial charge is 0.297 e. The van der Waals surface area contributed by atoms with Crippen molar-refractivity contribution in [2.75, 3.05) is 0 Å². The first-order chi connectivity index (χ1) is 14.7. The normalized spacial score (nSPS) is 11.2. The van der Waals surface area contributed by atoms with E-state index in [9.17, 15) is 0 Å². The minimum Gasteiger partial charge on any atom is -0.297 e. The molecule has 5 aromatic rings. The van der Waals surface area contributed by atoms with Crippen LogP contribution in [0.4, 0.5) is 0 Å². The van der Waals surface area contributed by atoms with Crippen LogP contribution in [0.15, 0.2) is 59.7 Å². The van der Waals surface area contributed by atoms with E-state index >= 15 is 0 Å². The van der Waals surface area contributed by atoms with E-state index in [4.69, 9.17) is 28.5 Å². The summed E-state index contributed by atoms with van der Waals surface area (Å²) in [4.78, 5) is 9.09. The van der Waals surface area contributed by atoms with Crippen LogP contribution in [0, 0.1) is 11.3 Å². The predicted octanol–water partition coefficient (Wildman–Crippen LogP) is 7.07. The van der Waals surface area contributed by atoms with Gasteiger partial charge in [-0.15, -0.1) is 0 Å². The van der Waals surface area contributed by atoms with Gasteiger partial charge in [-0.1, -0.05) is 29.3 Å². The van der Waals surface area contributed by atoms with Gasteiger partial charge in [-0.2, -0.15) is 16.6 Å². The van der Waals surface area contributed by atoms with Gasteiger partial charge in [0.25, 0.3) is 0 Å². The van der Waals surface area contributed by atoms with Gasteiger partial charge in [-0.3, -0.25) is 9.55 Å². The topological polar surface area (TPSA) is 54.5 Å². The number of rotatable bonds is 4. The molecule has 0 atom stereocenters. The Morgan fingerprint density at radius 1 is 1.03 bits per heavy atom. The van der Waals surface area contributed by atoms with E-state index in [1.807, 2.05) is 34.2 Å². The van der Waals surface area contributed by atoms with Gasteiger partial charge in [-0.25, -0.2) is 4.98 Å². The van der Waals surface area contributed by atoms with Crippen LogP contribution in [-0.2, 0) is 6.42 Å². The van der Waals surface area contributed by atoms with Crippen molar-refractivity contribution in [3.8, 4) is 22.9 Å². The van der Waals surface area contributed by atoms with Gasteiger partial charge in [0.05, 0.1) is 39.0 Å². The lowest BCUT2D eigenvalue weighted by atomic mass is 10.0. The predicted molar refractivity (Wildman–Crippen MR) is 124 cm³/mol. The van der Waals surface area contributed by atoms with E-state index in [1.54, 1.807) is 23.9 Å². The summed E-state index contributed by atoms with van der Waals surface area (Å²) in [5.74, 6) is 0. The fourth-order valence-electron chi connectivity index (χ4n) is 3.64. The molecule has 0 bridgehead atoms. The molecule has 3 heterocycles. The summed E-state index contributed by atoms with van der Waals surface area (Å²) in [5, 5.41) is 15.2. The van der Waals surface area contributed by atoms with Crippen LogP contribution >= 0.6 is 34.5 Å². The van der Waals surface area contributed by atoms with Crippen molar-refractivity contribution in [2.45, 2.75) is 12.8 Å². The minimum atomic E-state index is 0.464. The van der Waals surface area contributed by atoms with Gasteiger partial charge in [0.15, 0.2) is 0 Å². The molecule has 0 spiro atoms. The standard InChI is InChI=1S/C23H14Cl2N4S/c24-18-10-20-17(9-16(18)15-5-7-30-12-15)23-21(11-27-20)28-13-29(23)22-4-3-14(2-1-6-26)8-19(22)25/h3-5,7-13H,1-2H2. The lowest BCUT2D eigenvalue weighted by Crippen LogP contribution is -1.96. The summed E-state index contributed by atoms with van der Waals surface area (Å²) in [6.45, 7) is 0.